The molecule has 4 aromatic rings. The van der Waals surface area contributed by atoms with Gasteiger partial charge in [-0.05, 0) is 66.2 Å². The Morgan fingerprint density at radius 1 is 0.703 bits per heavy atom. The van der Waals surface area contributed by atoms with E-state index in [1.165, 1.54) is 17.6 Å². The van der Waals surface area contributed by atoms with Crippen LogP contribution in [0.3, 0.4) is 0 Å². The van der Waals surface area contributed by atoms with Gasteiger partial charge >= 0.3 is 0 Å². The van der Waals surface area contributed by atoms with Crippen molar-refractivity contribution in [3.8, 4) is 22.4 Å². The third-order valence-corrected chi connectivity index (χ3v) is 7.02. The highest BCUT2D eigenvalue weighted by molar-refractivity contribution is 5.81. The molecule has 3 heteroatoms. The molecule has 3 nitrogen and oxygen atoms in total. The molecule has 0 N–H and O–H groups in total. The van der Waals surface area contributed by atoms with Gasteiger partial charge in [-0.15, -0.1) is 0 Å². The van der Waals surface area contributed by atoms with E-state index < -0.39 is 0 Å². The molecular formula is C34H29N3. The lowest BCUT2D eigenvalue weighted by atomic mass is 9.94. The fourth-order valence-electron chi connectivity index (χ4n) is 5.01. The molecule has 0 spiro atoms. The monoisotopic (exact) mass is 479 g/mol. The predicted octanol–water partition coefficient (Wildman–Crippen LogP) is 8.46. The van der Waals surface area contributed by atoms with Crippen molar-refractivity contribution < 1.29 is 0 Å². The summed E-state index contributed by atoms with van der Waals surface area (Å²) < 4.78 is 0. The van der Waals surface area contributed by atoms with Crippen LogP contribution in [0.4, 0.5) is 0 Å². The average Bonchev–Trinajstić information content (AvgIpc) is 3.25. The first-order valence-corrected chi connectivity index (χ1v) is 13.0. The molecule has 0 aliphatic heterocycles. The molecule has 0 saturated heterocycles. The minimum atomic E-state index is 0.250. The average molecular weight is 480 g/mol. The summed E-state index contributed by atoms with van der Waals surface area (Å²) in [6.45, 7) is 0. The summed E-state index contributed by atoms with van der Waals surface area (Å²) in [7, 11) is 0. The van der Waals surface area contributed by atoms with Crippen molar-refractivity contribution in [2.24, 2.45) is 0 Å². The van der Waals surface area contributed by atoms with E-state index in [0.717, 1.165) is 58.7 Å². The zero-order chi connectivity index (χ0) is 24.9. The molecule has 1 unspecified atom stereocenters. The lowest BCUT2D eigenvalue weighted by Crippen LogP contribution is -2.08. The Balaban J connectivity index is 1.43. The lowest BCUT2D eigenvalue weighted by Gasteiger charge is -2.17. The van der Waals surface area contributed by atoms with E-state index in [-0.39, 0.29) is 5.92 Å². The second-order valence-electron chi connectivity index (χ2n) is 9.57. The van der Waals surface area contributed by atoms with Crippen molar-refractivity contribution in [3.05, 3.63) is 139 Å². The second-order valence-corrected chi connectivity index (χ2v) is 9.57. The van der Waals surface area contributed by atoms with Crippen LogP contribution in [0.15, 0.2) is 122 Å². The number of pyridine rings is 1. The SMILES string of the molecule is C1=CC(c2nc(C3=CC=C(c4ccccc4)CC=C3)cc(-c3cccc(-c4cccnc4)c3)n2)CCC1. The van der Waals surface area contributed by atoms with E-state index in [9.17, 15) is 0 Å². The van der Waals surface area contributed by atoms with Crippen molar-refractivity contribution in [2.75, 3.05) is 0 Å². The smallest absolute Gasteiger partial charge is 0.136 e. The minimum Gasteiger partial charge on any atom is -0.264 e. The van der Waals surface area contributed by atoms with Crippen molar-refractivity contribution in [1.29, 1.82) is 0 Å². The minimum absolute atomic E-state index is 0.250. The summed E-state index contributed by atoms with van der Waals surface area (Å²) in [4.78, 5) is 14.5. The van der Waals surface area contributed by atoms with Crippen LogP contribution >= 0.6 is 0 Å². The van der Waals surface area contributed by atoms with E-state index in [2.05, 4.69) is 108 Å². The van der Waals surface area contributed by atoms with E-state index >= 15 is 0 Å². The molecule has 2 heterocycles. The van der Waals surface area contributed by atoms with E-state index in [1.807, 2.05) is 12.3 Å². The Kier molecular flexibility index (Phi) is 6.68. The quantitative estimate of drug-likeness (QED) is 0.270. The van der Waals surface area contributed by atoms with E-state index in [4.69, 9.17) is 9.97 Å². The van der Waals surface area contributed by atoms with Crippen LogP contribution in [0.2, 0.25) is 0 Å². The van der Waals surface area contributed by atoms with Gasteiger partial charge in [0.15, 0.2) is 0 Å². The maximum atomic E-state index is 5.11. The van der Waals surface area contributed by atoms with E-state index in [0.29, 0.717) is 0 Å². The zero-order valence-electron chi connectivity index (χ0n) is 20.8. The molecule has 2 aliphatic carbocycles. The number of rotatable bonds is 5. The van der Waals surface area contributed by atoms with Gasteiger partial charge in [0.1, 0.15) is 5.82 Å². The molecule has 0 bridgehead atoms. The van der Waals surface area contributed by atoms with Crippen LogP contribution < -0.4 is 0 Å². The van der Waals surface area contributed by atoms with Gasteiger partial charge in [0.2, 0.25) is 0 Å². The summed E-state index contributed by atoms with van der Waals surface area (Å²) in [6.07, 6.45) is 21.4. The Bertz CT molecular complexity index is 1510. The van der Waals surface area contributed by atoms with E-state index in [1.54, 1.807) is 6.20 Å². The molecule has 1 atom stereocenters. The molecule has 2 aromatic carbocycles. The Morgan fingerprint density at radius 3 is 2.38 bits per heavy atom. The van der Waals surface area contributed by atoms with Gasteiger partial charge in [-0.25, -0.2) is 9.97 Å². The fraction of sp³-hybridized carbons (Fsp3) is 0.147. The topological polar surface area (TPSA) is 38.7 Å². The fourth-order valence-corrected chi connectivity index (χ4v) is 5.01. The normalized spacial score (nSPS) is 17.1. The standard InChI is InChI=1S/C34H29N3/c1-3-10-25(11-4-1)26-14-7-15-27(20-19-26)32-23-33(37-34(36-32)28-12-5-2-6-13-28)30-17-8-16-29(22-30)31-18-9-21-35-24-31/h1,3-5,7-12,15-24,28H,2,6,13-14H2. The number of hydrogen-bond acceptors (Lipinski definition) is 3. The van der Waals surface area contributed by atoms with Crippen LogP contribution in [0, 0.1) is 0 Å². The van der Waals surface area contributed by atoms with Crippen LogP contribution in [0.25, 0.3) is 33.5 Å². The number of aromatic nitrogens is 3. The van der Waals surface area contributed by atoms with Gasteiger partial charge in [0.25, 0.3) is 0 Å². The Hall–Kier alpha value is -4.37. The summed E-state index contributed by atoms with van der Waals surface area (Å²) >= 11 is 0. The molecular weight excluding hydrogens is 450 g/mol. The molecule has 0 radical (unpaired) electrons. The van der Waals surface area contributed by atoms with Crippen LogP contribution in [-0.4, -0.2) is 15.0 Å². The molecule has 37 heavy (non-hydrogen) atoms. The zero-order valence-corrected chi connectivity index (χ0v) is 20.8. The molecule has 6 rings (SSSR count). The van der Waals surface area contributed by atoms with Gasteiger partial charge in [-0.1, -0.05) is 91.1 Å². The maximum Gasteiger partial charge on any atom is 0.136 e. The van der Waals surface area contributed by atoms with Crippen LogP contribution in [0.5, 0.6) is 0 Å². The number of allylic oxidation sites excluding steroid dienone is 8. The van der Waals surface area contributed by atoms with Crippen molar-refractivity contribution in [3.63, 3.8) is 0 Å². The van der Waals surface area contributed by atoms with Crippen molar-refractivity contribution in [2.45, 2.75) is 31.6 Å². The van der Waals surface area contributed by atoms with Gasteiger partial charge < -0.3 is 0 Å². The number of hydrogen-bond donors (Lipinski definition) is 0. The predicted molar refractivity (Wildman–Crippen MR) is 153 cm³/mol. The highest BCUT2D eigenvalue weighted by Crippen LogP contribution is 2.32. The molecule has 2 aromatic heterocycles. The summed E-state index contributed by atoms with van der Waals surface area (Å²) in [5.41, 5.74) is 8.91. The van der Waals surface area contributed by atoms with Gasteiger partial charge in [0.05, 0.1) is 11.4 Å². The Morgan fingerprint density at radius 2 is 1.54 bits per heavy atom. The first-order valence-electron chi connectivity index (χ1n) is 13.0. The first kappa shape index (κ1) is 23.1. The summed E-state index contributed by atoms with van der Waals surface area (Å²) in [6, 6.07) is 25.3. The highest BCUT2D eigenvalue weighted by Gasteiger charge is 2.18. The number of benzene rings is 2. The highest BCUT2D eigenvalue weighted by atomic mass is 14.9. The lowest BCUT2D eigenvalue weighted by molar-refractivity contribution is 0.625. The molecule has 0 amide bonds. The third-order valence-electron chi connectivity index (χ3n) is 7.02. The second kappa shape index (κ2) is 10.7. The van der Waals surface area contributed by atoms with Gasteiger partial charge in [-0.2, -0.15) is 0 Å². The third kappa shape index (κ3) is 5.26. The molecule has 180 valence electrons. The van der Waals surface area contributed by atoms with Crippen LogP contribution in [-0.2, 0) is 0 Å². The Labute approximate surface area is 218 Å². The first-order chi connectivity index (χ1) is 18.3. The van der Waals surface area contributed by atoms with Crippen LogP contribution in [0.1, 0.15) is 48.7 Å². The molecule has 2 aliphatic rings. The van der Waals surface area contributed by atoms with Gasteiger partial charge in [-0.3, -0.25) is 4.98 Å². The summed E-state index contributed by atoms with van der Waals surface area (Å²) in [5.74, 6) is 1.15. The molecule has 0 fully saturated rings. The largest absolute Gasteiger partial charge is 0.264 e. The maximum absolute atomic E-state index is 5.11. The summed E-state index contributed by atoms with van der Waals surface area (Å²) in [5, 5.41) is 0. The van der Waals surface area contributed by atoms with Gasteiger partial charge in [0, 0.05) is 29.4 Å². The van der Waals surface area contributed by atoms with Crippen molar-refractivity contribution in [1.82, 2.24) is 15.0 Å². The molecule has 0 saturated carbocycles. The number of nitrogens with zero attached hydrogens (tertiary/aromatic N) is 3. The van der Waals surface area contributed by atoms with Crippen molar-refractivity contribution >= 4 is 11.1 Å².